The quantitative estimate of drug-likeness (QED) is 0.701. The molecule has 4 heteroatoms. The summed E-state index contributed by atoms with van der Waals surface area (Å²) in [5.41, 5.74) is 6.36. The van der Waals surface area contributed by atoms with Crippen LogP contribution in [0.25, 0.3) is 5.57 Å². The zero-order valence-corrected chi connectivity index (χ0v) is 17.4. The van der Waals surface area contributed by atoms with Crippen LogP contribution in [0.1, 0.15) is 67.2 Å². The molecule has 0 saturated heterocycles. The molecule has 1 fully saturated rings. The summed E-state index contributed by atoms with van der Waals surface area (Å²) in [5.74, 6) is 0.821. The minimum absolute atomic E-state index is 0.0928. The number of benzene rings is 1. The second kappa shape index (κ2) is 7.33. The predicted molar refractivity (Wildman–Crippen MR) is 115 cm³/mol. The molecule has 156 valence electrons. The maximum atomic E-state index is 13.8. The topological polar surface area (TPSA) is 50.2 Å². The summed E-state index contributed by atoms with van der Waals surface area (Å²) in [6, 6.07) is 8.28. The average molecular weight is 406 g/mol. The normalized spacial score (nSPS) is 29.5. The van der Waals surface area contributed by atoms with Crippen molar-refractivity contribution in [2.45, 2.75) is 57.8 Å². The zero-order valence-electron chi connectivity index (χ0n) is 17.4. The fourth-order valence-corrected chi connectivity index (χ4v) is 6.62. The molecule has 0 unspecified atom stereocenters. The Balaban J connectivity index is 1.40. The summed E-state index contributed by atoms with van der Waals surface area (Å²) in [6.45, 7) is 2.38. The molecule has 1 aromatic carbocycles. The highest BCUT2D eigenvalue weighted by Crippen LogP contribution is 2.63. The van der Waals surface area contributed by atoms with Crippen molar-refractivity contribution < 1.29 is 14.3 Å². The van der Waals surface area contributed by atoms with E-state index in [1.165, 1.54) is 29.3 Å². The number of allylic oxidation sites excluding steroid dienone is 2. The lowest BCUT2D eigenvalue weighted by molar-refractivity contribution is -0.136. The molecule has 1 saturated carbocycles. The molecule has 3 nitrogen and oxygen atoms in total. The Morgan fingerprint density at radius 3 is 2.93 bits per heavy atom. The van der Waals surface area contributed by atoms with Gasteiger partial charge in [-0.15, -0.1) is 0 Å². The fourth-order valence-electron chi connectivity index (χ4n) is 6.62. The Morgan fingerprint density at radius 1 is 1.27 bits per heavy atom. The first-order chi connectivity index (χ1) is 14.5. The third-order valence-electron chi connectivity index (χ3n) is 8.02. The Labute approximate surface area is 177 Å². The van der Waals surface area contributed by atoms with Crippen LogP contribution in [0, 0.1) is 23.1 Å². The second-order valence-corrected chi connectivity index (χ2v) is 9.54. The number of halogens is 1. The SMILES string of the molecule is C[C@]12CC[C@@H]3c4ccc(CCC(=O)O)cc4CC[C@H]3[C@@H]1CC=C2c1cncc(F)c1. The number of pyridine rings is 1. The van der Waals surface area contributed by atoms with Crippen molar-refractivity contribution in [2.24, 2.45) is 17.3 Å². The number of carboxylic acid groups (broad SMARTS) is 1. The molecule has 2 aromatic rings. The number of fused-ring (bicyclic) bond motifs is 5. The molecule has 1 heterocycles. The number of aromatic nitrogens is 1. The highest BCUT2D eigenvalue weighted by atomic mass is 19.1. The molecule has 5 rings (SSSR count). The van der Waals surface area contributed by atoms with Gasteiger partial charge < -0.3 is 5.11 Å². The van der Waals surface area contributed by atoms with E-state index in [1.54, 1.807) is 6.07 Å². The predicted octanol–water partition coefficient (Wildman–Crippen LogP) is 5.79. The van der Waals surface area contributed by atoms with Gasteiger partial charge in [-0.25, -0.2) is 4.39 Å². The lowest BCUT2D eigenvalue weighted by atomic mass is 9.54. The van der Waals surface area contributed by atoms with Crippen LogP contribution in [0.2, 0.25) is 0 Å². The summed E-state index contributed by atoms with van der Waals surface area (Å²) >= 11 is 0. The van der Waals surface area contributed by atoms with Gasteiger partial charge in [0.2, 0.25) is 0 Å². The van der Waals surface area contributed by atoms with E-state index in [4.69, 9.17) is 5.11 Å². The van der Waals surface area contributed by atoms with Crippen LogP contribution in [-0.4, -0.2) is 16.1 Å². The van der Waals surface area contributed by atoms with Crippen LogP contribution in [0.15, 0.2) is 42.7 Å². The molecule has 4 atom stereocenters. The van der Waals surface area contributed by atoms with E-state index in [0.29, 0.717) is 24.2 Å². The standard InChI is InChI=1S/C26H28FNO2/c1-26-11-10-21-20-5-2-16(3-9-25(29)30)12-17(20)4-6-22(21)24(26)8-7-23(26)18-13-19(27)15-28-14-18/h2,5,7,12-15,21-22,24H,3-4,6,8-11H2,1H3,(H,29,30)/t21-,22-,24+,26-/m1/s1. The van der Waals surface area contributed by atoms with E-state index in [-0.39, 0.29) is 17.7 Å². The zero-order chi connectivity index (χ0) is 20.9. The van der Waals surface area contributed by atoms with Gasteiger partial charge in [0.05, 0.1) is 6.20 Å². The van der Waals surface area contributed by atoms with Gasteiger partial charge in [-0.2, -0.15) is 0 Å². The molecule has 30 heavy (non-hydrogen) atoms. The van der Waals surface area contributed by atoms with Crippen molar-refractivity contribution in [2.75, 3.05) is 0 Å². The van der Waals surface area contributed by atoms with Crippen molar-refractivity contribution in [1.29, 1.82) is 0 Å². The van der Waals surface area contributed by atoms with E-state index in [2.05, 4.69) is 36.2 Å². The van der Waals surface area contributed by atoms with Gasteiger partial charge >= 0.3 is 5.97 Å². The summed E-state index contributed by atoms with van der Waals surface area (Å²) in [5, 5.41) is 8.97. The maximum absolute atomic E-state index is 13.8. The number of aliphatic carboxylic acids is 1. The molecule has 1 N–H and O–H groups in total. The highest BCUT2D eigenvalue weighted by Gasteiger charge is 2.51. The molecule has 0 radical (unpaired) electrons. The summed E-state index contributed by atoms with van der Waals surface area (Å²) in [4.78, 5) is 15.0. The van der Waals surface area contributed by atoms with E-state index >= 15 is 0 Å². The Hall–Kier alpha value is -2.49. The minimum atomic E-state index is -0.739. The number of nitrogens with zero attached hydrogens (tertiary/aromatic N) is 1. The second-order valence-electron chi connectivity index (χ2n) is 9.54. The first kappa shape index (κ1) is 19.5. The van der Waals surface area contributed by atoms with Crippen molar-refractivity contribution in [3.05, 3.63) is 70.8 Å². The number of aryl methyl sites for hydroxylation is 2. The lowest BCUT2D eigenvalue weighted by Gasteiger charge is -2.50. The number of rotatable bonds is 4. The van der Waals surface area contributed by atoms with Gasteiger partial charge in [-0.3, -0.25) is 9.78 Å². The monoisotopic (exact) mass is 405 g/mol. The van der Waals surface area contributed by atoms with Crippen LogP contribution in [0.5, 0.6) is 0 Å². The third kappa shape index (κ3) is 3.17. The van der Waals surface area contributed by atoms with Gasteiger partial charge in [0, 0.05) is 12.6 Å². The molecular formula is C26H28FNO2. The number of carbonyl (C=O) groups is 1. The first-order valence-corrected chi connectivity index (χ1v) is 11.1. The number of hydrogen-bond acceptors (Lipinski definition) is 2. The fraction of sp³-hybridized carbons (Fsp3) is 0.462. The van der Waals surface area contributed by atoms with E-state index in [9.17, 15) is 9.18 Å². The van der Waals surface area contributed by atoms with E-state index in [1.807, 2.05) is 6.20 Å². The molecule has 0 spiro atoms. The summed E-state index contributed by atoms with van der Waals surface area (Å²) in [6.07, 6.45) is 11.8. The van der Waals surface area contributed by atoms with Crippen LogP contribution < -0.4 is 0 Å². The van der Waals surface area contributed by atoms with Crippen molar-refractivity contribution >= 4 is 11.5 Å². The highest BCUT2D eigenvalue weighted by molar-refractivity contribution is 5.72. The van der Waals surface area contributed by atoms with E-state index < -0.39 is 5.97 Å². The van der Waals surface area contributed by atoms with Crippen LogP contribution >= 0.6 is 0 Å². The molecule has 1 aromatic heterocycles. The van der Waals surface area contributed by atoms with Crippen molar-refractivity contribution in [3.63, 3.8) is 0 Å². The molecular weight excluding hydrogens is 377 g/mol. The van der Waals surface area contributed by atoms with Crippen molar-refractivity contribution in [3.8, 4) is 0 Å². The third-order valence-corrected chi connectivity index (χ3v) is 8.02. The first-order valence-electron chi connectivity index (χ1n) is 11.1. The Morgan fingerprint density at radius 2 is 2.13 bits per heavy atom. The lowest BCUT2D eigenvalue weighted by Crippen LogP contribution is -2.40. The maximum Gasteiger partial charge on any atom is 0.303 e. The molecule has 0 aliphatic heterocycles. The number of hydrogen-bond donors (Lipinski definition) is 1. The van der Waals surface area contributed by atoms with Gasteiger partial charge in [0.25, 0.3) is 0 Å². The Kier molecular flexibility index (Phi) is 4.76. The molecule has 3 aliphatic carbocycles. The molecule has 0 amide bonds. The average Bonchev–Trinajstić information content (AvgIpc) is 3.09. The van der Waals surface area contributed by atoms with Crippen LogP contribution in [0.4, 0.5) is 4.39 Å². The van der Waals surface area contributed by atoms with Gasteiger partial charge in [0.15, 0.2) is 0 Å². The molecule has 0 bridgehead atoms. The largest absolute Gasteiger partial charge is 0.481 e. The Bertz CT molecular complexity index is 1030. The summed E-state index contributed by atoms with van der Waals surface area (Å²) < 4.78 is 13.8. The van der Waals surface area contributed by atoms with Gasteiger partial charge in [-0.05, 0) is 95.6 Å². The minimum Gasteiger partial charge on any atom is -0.481 e. The van der Waals surface area contributed by atoms with Crippen LogP contribution in [0.3, 0.4) is 0 Å². The van der Waals surface area contributed by atoms with Gasteiger partial charge in [-0.1, -0.05) is 31.2 Å². The van der Waals surface area contributed by atoms with Crippen molar-refractivity contribution in [1.82, 2.24) is 4.98 Å². The summed E-state index contributed by atoms with van der Waals surface area (Å²) in [7, 11) is 0. The van der Waals surface area contributed by atoms with Gasteiger partial charge in [0.1, 0.15) is 5.82 Å². The smallest absolute Gasteiger partial charge is 0.303 e. The van der Waals surface area contributed by atoms with E-state index in [0.717, 1.165) is 36.8 Å². The molecule has 3 aliphatic rings. The number of carboxylic acids is 1. The van der Waals surface area contributed by atoms with Crippen LogP contribution in [-0.2, 0) is 17.6 Å².